The molecule has 0 spiro atoms. The highest BCUT2D eigenvalue weighted by molar-refractivity contribution is 6.33. The van der Waals surface area contributed by atoms with Gasteiger partial charge >= 0.3 is 0 Å². The summed E-state index contributed by atoms with van der Waals surface area (Å²) in [5, 5.41) is 6.06. The number of carbonyl (C=O) groups excluding carboxylic acids is 2. The summed E-state index contributed by atoms with van der Waals surface area (Å²) < 4.78 is 5.11. The van der Waals surface area contributed by atoms with Crippen LogP contribution in [0.4, 0.5) is 11.4 Å². The Kier molecular flexibility index (Phi) is 5.73. The van der Waals surface area contributed by atoms with Gasteiger partial charge in [0.2, 0.25) is 5.91 Å². The zero-order chi connectivity index (χ0) is 22.0. The Hall–Kier alpha value is -3.65. The Balaban J connectivity index is 1.59. The maximum absolute atomic E-state index is 12.2. The number of anilines is 2. The molecule has 0 unspecified atom stereocenters. The van der Waals surface area contributed by atoms with Gasteiger partial charge in [0, 0.05) is 17.7 Å². The summed E-state index contributed by atoms with van der Waals surface area (Å²) in [7, 11) is 0. The van der Waals surface area contributed by atoms with Crippen molar-refractivity contribution >= 4 is 46.0 Å². The topological polar surface area (TPSA) is 113 Å². The van der Waals surface area contributed by atoms with Gasteiger partial charge in [-0.1, -0.05) is 25.4 Å². The van der Waals surface area contributed by atoms with Gasteiger partial charge in [-0.15, -0.1) is 0 Å². The number of nitrogens with one attached hydrogen (secondary N) is 3. The molecule has 0 aliphatic heterocycles. The van der Waals surface area contributed by atoms with Gasteiger partial charge in [-0.25, -0.2) is 9.97 Å². The third-order valence-corrected chi connectivity index (χ3v) is 4.77. The van der Waals surface area contributed by atoms with Crippen LogP contribution in [0.1, 0.15) is 30.8 Å². The molecule has 158 valence electrons. The van der Waals surface area contributed by atoms with Crippen molar-refractivity contribution in [2.45, 2.75) is 20.3 Å². The molecule has 4 rings (SSSR count). The van der Waals surface area contributed by atoms with Gasteiger partial charge in [0.15, 0.2) is 11.4 Å². The number of nitrogens with zero attached hydrogens (tertiary/aromatic N) is 2. The number of pyridine rings is 1. The SMILES string of the molecule is CC(C)CC(=O)Nc1cnc2nc(-c3cc(NC(=O)c4ccco4)ccc3Cl)[nH]c2c1. The standard InChI is InChI=1S/C22H20ClN5O3/c1-12(2)8-19(29)25-14-10-17-21(24-11-14)28-20(27-17)15-9-13(5-6-16(15)23)26-22(30)18-4-3-7-31-18/h3-7,9-12H,8H2,1-2H3,(H,25,29)(H,26,30)(H,24,27,28). The minimum atomic E-state index is -0.369. The number of rotatable bonds is 6. The first-order chi connectivity index (χ1) is 14.9. The number of hydrogen-bond acceptors (Lipinski definition) is 5. The number of amides is 2. The Bertz CT molecular complexity index is 1250. The highest BCUT2D eigenvalue weighted by Crippen LogP contribution is 2.30. The first-order valence-electron chi connectivity index (χ1n) is 9.69. The predicted octanol–water partition coefficient (Wildman–Crippen LogP) is 5.11. The van der Waals surface area contributed by atoms with Crippen molar-refractivity contribution in [3.05, 3.63) is 59.6 Å². The van der Waals surface area contributed by atoms with Gasteiger partial charge in [-0.3, -0.25) is 9.59 Å². The monoisotopic (exact) mass is 437 g/mol. The molecule has 3 N–H and O–H groups in total. The van der Waals surface area contributed by atoms with Crippen molar-refractivity contribution in [2.75, 3.05) is 10.6 Å². The van der Waals surface area contributed by atoms with Gasteiger partial charge in [0.1, 0.15) is 5.82 Å². The van der Waals surface area contributed by atoms with Crippen LogP contribution < -0.4 is 10.6 Å². The smallest absolute Gasteiger partial charge is 0.291 e. The number of aromatic nitrogens is 3. The molecule has 0 aliphatic carbocycles. The summed E-state index contributed by atoms with van der Waals surface area (Å²) in [6, 6.07) is 10.1. The zero-order valence-electron chi connectivity index (χ0n) is 16.9. The number of H-pyrrole nitrogens is 1. The van der Waals surface area contributed by atoms with E-state index >= 15 is 0 Å². The van der Waals surface area contributed by atoms with E-state index in [1.54, 1.807) is 42.6 Å². The zero-order valence-corrected chi connectivity index (χ0v) is 17.7. The Morgan fingerprint density at radius 2 is 2.00 bits per heavy atom. The summed E-state index contributed by atoms with van der Waals surface area (Å²) in [6.07, 6.45) is 3.42. The number of aromatic amines is 1. The number of imidazole rings is 1. The average molecular weight is 438 g/mol. The van der Waals surface area contributed by atoms with E-state index in [1.807, 2.05) is 13.8 Å². The first kappa shape index (κ1) is 20.6. The fourth-order valence-electron chi connectivity index (χ4n) is 3.06. The van der Waals surface area contributed by atoms with E-state index in [2.05, 4.69) is 25.6 Å². The molecule has 1 aromatic carbocycles. The van der Waals surface area contributed by atoms with Gasteiger partial charge in [-0.05, 0) is 42.3 Å². The second-order valence-corrected chi connectivity index (χ2v) is 7.86. The maximum atomic E-state index is 12.2. The molecule has 0 saturated heterocycles. The lowest BCUT2D eigenvalue weighted by Crippen LogP contribution is -2.13. The number of hydrogen-bond donors (Lipinski definition) is 3. The van der Waals surface area contributed by atoms with Crippen molar-refractivity contribution < 1.29 is 14.0 Å². The molecule has 31 heavy (non-hydrogen) atoms. The predicted molar refractivity (Wildman–Crippen MR) is 119 cm³/mol. The van der Waals surface area contributed by atoms with E-state index in [-0.39, 0.29) is 23.5 Å². The van der Waals surface area contributed by atoms with Crippen molar-refractivity contribution in [2.24, 2.45) is 5.92 Å². The second-order valence-electron chi connectivity index (χ2n) is 7.45. The fourth-order valence-corrected chi connectivity index (χ4v) is 3.27. The van der Waals surface area contributed by atoms with Crippen LogP contribution in [-0.2, 0) is 4.79 Å². The van der Waals surface area contributed by atoms with Crippen LogP contribution in [0.3, 0.4) is 0 Å². The summed E-state index contributed by atoms with van der Waals surface area (Å²) in [4.78, 5) is 36.2. The van der Waals surface area contributed by atoms with Crippen LogP contribution in [0.25, 0.3) is 22.6 Å². The van der Waals surface area contributed by atoms with E-state index in [4.69, 9.17) is 16.0 Å². The maximum Gasteiger partial charge on any atom is 0.291 e. The summed E-state index contributed by atoms with van der Waals surface area (Å²) in [6.45, 7) is 3.97. The summed E-state index contributed by atoms with van der Waals surface area (Å²) in [5.74, 6) is 0.520. The van der Waals surface area contributed by atoms with Crippen LogP contribution in [0.2, 0.25) is 5.02 Å². The summed E-state index contributed by atoms with van der Waals surface area (Å²) in [5.41, 5.74) is 2.86. The van der Waals surface area contributed by atoms with Gasteiger partial charge in [0.25, 0.3) is 5.91 Å². The third kappa shape index (κ3) is 4.75. The lowest BCUT2D eigenvalue weighted by atomic mass is 10.1. The van der Waals surface area contributed by atoms with E-state index in [0.717, 1.165) is 0 Å². The largest absolute Gasteiger partial charge is 0.459 e. The van der Waals surface area contributed by atoms with Gasteiger partial charge in [-0.2, -0.15) is 0 Å². The summed E-state index contributed by atoms with van der Waals surface area (Å²) >= 11 is 6.37. The minimum absolute atomic E-state index is 0.0704. The quantitative estimate of drug-likeness (QED) is 0.388. The highest BCUT2D eigenvalue weighted by atomic mass is 35.5. The van der Waals surface area contributed by atoms with E-state index in [9.17, 15) is 9.59 Å². The lowest BCUT2D eigenvalue weighted by Gasteiger charge is -2.07. The van der Waals surface area contributed by atoms with Crippen molar-refractivity contribution in [1.82, 2.24) is 15.0 Å². The van der Waals surface area contributed by atoms with Crippen molar-refractivity contribution in [3.63, 3.8) is 0 Å². The minimum Gasteiger partial charge on any atom is -0.459 e. The molecular weight excluding hydrogens is 418 g/mol. The van der Waals surface area contributed by atoms with Crippen LogP contribution >= 0.6 is 11.6 Å². The molecule has 0 atom stereocenters. The van der Waals surface area contributed by atoms with Gasteiger partial charge < -0.3 is 20.0 Å². The molecule has 0 bridgehead atoms. The molecule has 0 fully saturated rings. The number of benzene rings is 1. The Morgan fingerprint density at radius 1 is 1.16 bits per heavy atom. The number of furan rings is 1. The molecular formula is C22H20ClN5O3. The number of carbonyl (C=O) groups is 2. The molecule has 2 amide bonds. The second kappa shape index (κ2) is 8.61. The Labute approximate surface area is 183 Å². The van der Waals surface area contributed by atoms with Crippen LogP contribution in [-0.4, -0.2) is 26.8 Å². The van der Waals surface area contributed by atoms with Crippen LogP contribution in [0.15, 0.2) is 53.3 Å². The molecule has 0 saturated carbocycles. The van der Waals surface area contributed by atoms with Crippen LogP contribution in [0.5, 0.6) is 0 Å². The van der Waals surface area contributed by atoms with E-state index in [1.165, 1.54) is 6.26 Å². The van der Waals surface area contributed by atoms with Crippen molar-refractivity contribution in [3.8, 4) is 11.4 Å². The average Bonchev–Trinajstić information content (AvgIpc) is 3.38. The first-order valence-corrected chi connectivity index (χ1v) is 10.1. The molecule has 3 aromatic heterocycles. The third-order valence-electron chi connectivity index (χ3n) is 4.44. The molecule has 0 aliphatic rings. The molecule has 4 aromatic rings. The van der Waals surface area contributed by atoms with Crippen LogP contribution in [0, 0.1) is 5.92 Å². The normalized spacial score (nSPS) is 11.1. The fraction of sp³-hybridized carbons (Fsp3) is 0.182. The molecule has 3 heterocycles. The Morgan fingerprint density at radius 3 is 2.74 bits per heavy atom. The van der Waals surface area contributed by atoms with Crippen molar-refractivity contribution in [1.29, 1.82) is 0 Å². The number of fused-ring (bicyclic) bond motifs is 1. The molecule has 8 nitrogen and oxygen atoms in total. The lowest BCUT2D eigenvalue weighted by molar-refractivity contribution is -0.116. The molecule has 9 heteroatoms. The van der Waals surface area contributed by atoms with E-state index < -0.39 is 0 Å². The van der Waals surface area contributed by atoms with Gasteiger partial charge in [0.05, 0.1) is 28.7 Å². The highest BCUT2D eigenvalue weighted by Gasteiger charge is 2.14. The number of halogens is 1. The van der Waals surface area contributed by atoms with E-state index in [0.29, 0.717) is 45.4 Å². The molecule has 0 radical (unpaired) electrons.